The van der Waals surface area contributed by atoms with Crippen LogP contribution in [0.25, 0.3) is 5.70 Å². The van der Waals surface area contributed by atoms with Gasteiger partial charge in [0, 0.05) is 11.1 Å². The van der Waals surface area contributed by atoms with Gasteiger partial charge in [-0.05, 0) is 29.9 Å². The topological polar surface area (TPSA) is 70.6 Å². The van der Waals surface area contributed by atoms with Gasteiger partial charge in [-0.15, -0.1) is 0 Å². The Hall–Kier alpha value is -2.86. The van der Waals surface area contributed by atoms with Crippen molar-refractivity contribution in [2.75, 3.05) is 7.11 Å². The van der Waals surface area contributed by atoms with E-state index in [0.29, 0.717) is 22.0 Å². The molecule has 5 nitrogen and oxygen atoms in total. The van der Waals surface area contributed by atoms with Crippen LogP contribution in [0.5, 0.6) is 11.5 Å². The summed E-state index contributed by atoms with van der Waals surface area (Å²) in [6.07, 6.45) is 0. The van der Waals surface area contributed by atoms with Crippen LogP contribution < -0.4 is 15.4 Å². The third-order valence-electron chi connectivity index (χ3n) is 4.29. The van der Waals surface area contributed by atoms with E-state index in [2.05, 4.69) is 10.6 Å². The molecule has 1 atom stereocenters. The number of carbonyl (C=O) groups excluding carboxylic acids is 1. The van der Waals surface area contributed by atoms with E-state index in [1.54, 1.807) is 18.2 Å². The van der Waals surface area contributed by atoms with Gasteiger partial charge in [-0.25, -0.2) is 0 Å². The van der Waals surface area contributed by atoms with Crippen molar-refractivity contribution in [1.82, 2.24) is 10.6 Å². The Kier molecular flexibility index (Phi) is 3.28. The Morgan fingerprint density at radius 1 is 1.17 bits per heavy atom. The molecule has 1 heterocycles. The first-order valence-electron chi connectivity index (χ1n) is 7.43. The normalized spacial score (nSPS) is 18.6. The highest BCUT2D eigenvalue weighted by Gasteiger charge is 2.38. The summed E-state index contributed by atoms with van der Waals surface area (Å²) in [7, 11) is 1.49. The fourth-order valence-electron chi connectivity index (χ4n) is 3.19. The second kappa shape index (κ2) is 5.35. The molecule has 0 saturated heterocycles. The SMILES string of the molecule is COc1cc(C2NC(=S)NC3=C2C(=O)c2ccccc23)ccc1O. The lowest BCUT2D eigenvalue weighted by molar-refractivity contribution is 0.103. The lowest BCUT2D eigenvalue weighted by Crippen LogP contribution is -2.43. The molecule has 120 valence electrons. The minimum absolute atomic E-state index is 0.0276. The first-order chi connectivity index (χ1) is 11.6. The quantitative estimate of drug-likeness (QED) is 0.731. The van der Waals surface area contributed by atoms with Crippen LogP contribution in [-0.4, -0.2) is 23.1 Å². The summed E-state index contributed by atoms with van der Waals surface area (Å²) in [5.41, 5.74) is 3.69. The van der Waals surface area contributed by atoms with E-state index in [1.807, 2.05) is 24.3 Å². The van der Waals surface area contributed by atoms with Gasteiger partial charge in [0.05, 0.1) is 24.4 Å². The zero-order valence-electron chi connectivity index (χ0n) is 12.8. The summed E-state index contributed by atoms with van der Waals surface area (Å²) in [4.78, 5) is 12.9. The number of phenols is 1. The molecule has 1 aliphatic heterocycles. The number of ketones is 1. The fourth-order valence-corrected chi connectivity index (χ4v) is 3.41. The summed E-state index contributed by atoms with van der Waals surface area (Å²) >= 11 is 5.31. The second-order valence-electron chi connectivity index (χ2n) is 5.63. The molecule has 0 aromatic heterocycles. The third kappa shape index (κ3) is 2.07. The molecule has 0 saturated carbocycles. The number of hydrogen-bond donors (Lipinski definition) is 3. The van der Waals surface area contributed by atoms with Crippen molar-refractivity contribution >= 4 is 28.8 Å². The highest BCUT2D eigenvalue weighted by atomic mass is 32.1. The van der Waals surface area contributed by atoms with Crippen LogP contribution in [-0.2, 0) is 0 Å². The van der Waals surface area contributed by atoms with Gasteiger partial charge in [0.2, 0.25) is 0 Å². The van der Waals surface area contributed by atoms with E-state index in [4.69, 9.17) is 17.0 Å². The van der Waals surface area contributed by atoms with Gasteiger partial charge in [-0.1, -0.05) is 30.3 Å². The van der Waals surface area contributed by atoms with Gasteiger partial charge >= 0.3 is 0 Å². The first kappa shape index (κ1) is 14.7. The van der Waals surface area contributed by atoms with Gasteiger partial charge in [-0.3, -0.25) is 4.79 Å². The van der Waals surface area contributed by atoms with Gasteiger partial charge in [0.1, 0.15) is 0 Å². The van der Waals surface area contributed by atoms with E-state index >= 15 is 0 Å². The van der Waals surface area contributed by atoms with Crippen LogP contribution in [0, 0.1) is 0 Å². The largest absolute Gasteiger partial charge is 0.504 e. The minimum Gasteiger partial charge on any atom is -0.504 e. The van der Waals surface area contributed by atoms with Gasteiger partial charge in [-0.2, -0.15) is 0 Å². The van der Waals surface area contributed by atoms with Crippen molar-refractivity contribution in [3.8, 4) is 11.5 Å². The Labute approximate surface area is 144 Å². The molecular weight excluding hydrogens is 324 g/mol. The van der Waals surface area contributed by atoms with E-state index in [9.17, 15) is 9.90 Å². The standard InChI is InChI=1S/C18H14N2O3S/c1-23-13-8-9(6-7-12(13)21)15-14-16(20-18(24)19-15)10-4-2-3-5-11(10)17(14)22/h2-8,15,21H,1H3,(H2,19,20,24). The molecule has 24 heavy (non-hydrogen) atoms. The van der Waals surface area contributed by atoms with E-state index in [0.717, 1.165) is 16.8 Å². The molecule has 2 aromatic rings. The Balaban J connectivity index is 1.87. The van der Waals surface area contributed by atoms with Crippen LogP contribution in [0.1, 0.15) is 27.5 Å². The van der Waals surface area contributed by atoms with Crippen LogP contribution in [0.2, 0.25) is 0 Å². The monoisotopic (exact) mass is 338 g/mol. The maximum absolute atomic E-state index is 12.9. The van der Waals surface area contributed by atoms with Crippen LogP contribution in [0.15, 0.2) is 48.0 Å². The molecule has 0 amide bonds. The van der Waals surface area contributed by atoms with Gasteiger partial charge in [0.15, 0.2) is 22.4 Å². The Morgan fingerprint density at radius 2 is 1.92 bits per heavy atom. The van der Waals surface area contributed by atoms with Crippen molar-refractivity contribution in [2.45, 2.75) is 6.04 Å². The number of hydrogen-bond acceptors (Lipinski definition) is 4. The fraction of sp³-hybridized carbons (Fsp3) is 0.111. The number of thiocarbonyl (C=S) groups is 1. The number of nitrogens with one attached hydrogen (secondary N) is 2. The molecule has 1 unspecified atom stereocenters. The van der Waals surface area contributed by atoms with Crippen molar-refractivity contribution in [1.29, 1.82) is 0 Å². The first-order valence-corrected chi connectivity index (χ1v) is 7.83. The number of rotatable bonds is 2. The van der Waals surface area contributed by atoms with Gasteiger partial charge < -0.3 is 20.5 Å². The molecule has 0 spiro atoms. The molecule has 0 radical (unpaired) electrons. The molecular formula is C18H14N2O3S. The summed E-state index contributed by atoms with van der Waals surface area (Å²) in [6.45, 7) is 0. The smallest absolute Gasteiger partial charge is 0.194 e. The minimum atomic E-state index is -0.400. The van der Waals surface area contributed by atoms with Crippen molar-refractivity contribution < 1.29 is 14.6 Å². The van der Waals surface area contributed by atoms with Crippen molar-refractivity contribution in [3.63, 3.8) is 0 Å². The molecule has 2 aliphatic rings. The van der Waals surface area contributed by atoms with E-state index in [-0.39, 0.29) is 11.5 Å². The lowest BCUT2D eigenvalue weighted by Gasteiger charge is -2.28. The molecule has 2 aromatic carbocycles. The molecule has 0 bridgehead atoms. The lowest BCUT2D eigenvalue weighted by atomic mass is 9.94. The number of fused-ring (bicyclic) bond motifs is 2. The number of Topliss-reactive ketones (excluding diaryl/α,β-unsaturated/α-hetero) is 1. The summed E-state index contributed by atoms with van der Waals surface area (Å²) in [6, 6.07) is 12.1. The zero-order valence-corrected chi connectivity index (χ0v) is 13.6. The van der Waals surface area contributed by atoms with E-state index < -0.39 is 6.04 Å². The number of methoxy groups -OCH3 is 1. The van der Waals surface area contributed by atoms with Crippen LogP contribution in [0.4, 0.5) is 0 Å². The Morgan fingerprint density at radius 3 is 2.67 bits per heavy atom. The predicted octanol–water partition coefficient (Wildman–Crippen LogP) is 2.53. The summed E-state index contributed by atoms with van der Waals surface area (Å²) in [5.74, 6) is 0.372. The molecule has 3 N–H and O–H groups in total. The van der Waals surface area contributed by atoms with Crippen molar-refractivity contribution in [2.24, 2.45) is 0 Å². The van der Waals surface area contributed by atoms with Crippen molar-refractivity contribution in [3.05, 3.63) is 64.7 Å². The summed E-state index contributed by atoms with van der Waals surface area (Å²) < 4.78 is 5.18. The second-order valence-corrected chi connectivity index (χ2v) is 6.03. The third-order valence-corrected chi connectivity index (χ3v) is 4.51. The van der Waals surface area contributed by atoms with Crippen LogP contribution in [0.3, 0.4) is 0 Å². The molecule has 0 fully saturated rings. The number of ether oxygens (including phenoxy) is 1. The maximum atomic E-state index is 12.9. The Bertz CT molecular complexity index is 920. The molecule has 1 aliphatic carbocycles. The highest BCUT2D eigenvalue weighted by Crippen LogP contribution is 2.41. The highest BCUT2D eigenvalue weighted by molar-refractivity contribution is 7.80. The number of benzene rings is 2. The van der Waals surface area contributed by atoms with Gasteiger partial charge in [0.25, 0.3) is 0 Å². The maximum Gasteiger partial charge on any atom is 0.194 e. The van der Waals surface area contributed by atoms with Crippen LogP contribution >= 0.6 is 12.2 Å². The molecule has 6 heteroatoms. The zero-order chi connectivity index (χ0) is 16.8. The number of aromatic hydroxyl groups is 1. The predicted molar refractivity (Wildman–Crippen MR) is 94.0 cm³/mol. The number of phenolic OH excluding ortho intramolecular Hbond substituents is 1. The summed E-state index contributed by atoms with van der Waals surface area (Å²) in [5, 5.41) is 16.5. The van der Waals surface area contributed by atoms with E-state index in [1.165, 1.54) is 7.11 Å². The molecule has 4 rings (SSSR count). The average Bonchev–Trinajstić information content (AvgIpc) is 2.88. The number of carbonyl (C=O) groups is 1. The average molecular weight is 338 g/mol.